The Morgan fingerprint density at radius 1 is 1.33 bits per heavy atom. The molecule has 0 saturated heterocycles. The first-order valence-electron chi connectivity index (χ1n) is 4.68. The van der Waals surface area contributed by atoms with Gasteiger partial charge in [0.25, 0.3) is 0 Å². The van der Waals surface area contributed by atoms with Crippen molar-refractivity contribution in [2.24, 2.45) is 0 Å². The standard InChI is InChI=1S/C12H10N2S/c1-9-14-8-12(15-9)11-4-2-10(3-5-11)6-7-13/h2-5,8H,6H2,1H3. The molecule has 0 aliphatic heterocycles. The predicted molar refractivity (Wildman–Crippen MR) is 61.6 cm³/mol. The zero-order valence-corrected chi connectivity index (χ0v) is 9.21. The van der Waals surface area contributed by atoms with Crippen LogP contribution in [-0.2, 0) is 6.42 Å². The van der Waals surface area contributed by atoms with Gasteiger partial charge in [0, 0.05) is 6.20 Å². The Labute approximate surface area is 92.8 Å². The number of hydrogen-bond acceptors (Lipinski definition) is 3. The van der Waals surface area contributed by atoms with Gasteiger partial charge in [0.15, 0.2) is 0 Å². The quantitative estimate of drug-likeness (QED) is 0.769. The molecule has 0 radical (unpaired) electrons. The van der Waals surface area contributed by atoms with Gasteiger partial charge in [-0.15, -0.1) is 11.3 Å². The lowest BCUT2D eigenvalue weighted by Gasteiger charge is -1.97. The number of hydrogen-bond donors (Lipinski definition) is 0. The van der Waals surface area contributed by atoms with Gasteiger partial charge < -0.3 is 0 Å². The minimum atomic E-state index is 0.474. The van der Waals surface area contributed by atoms with Crippen molar-refractivity contribution in [1.29, 1.82) is 5.26 Å². The summed E-state index contributed by atoms with van der Waals surface area (Å²) >= 11 is 1.68. The number of thiazole rings is 1. The van der Waals surface area contributed by atoms with E-state index in [1.165, 1.54) is 10.4 Å². The highest BCUT2D eigenvalue weighted by Gasteiger charge is 2.01. The van der Waals surface area contributed by atoms with E-state index >= 15 is 0 Å². The molecule has 15 heavy (non-hydrogen) atoms. The van der Waals surface area contributed by atoms with Gasteiger partial charge >= 0.3 is 0 Å². The number of nitriles is 1. The van der Waals surface area contributed by atoms with Crippen LogP contribution in [0.25, 0.3) is 10.4 Å². The fourth-order valence-corrected chi connectivity index (χ4v) is 2.16. The normalized spacial score (nSPS) is 9.87. The zero-order valence-electron chi connectivity index (χ0n) is 8.40. The SMILES string of the molecule is Cc1ncc(-c2ccc(CC#N)cc2)s1. The van der Waals surface area contributed by atoms with Crippen molar-refractivity contribution in [3.8, 4) is 16.5 Å². The first kappa shape index (κ1) is 9.88. The van der Waals surface area contributed by atoms with Crippen molar-refractivity contribution in [2.45, 2.75) is 13.3 Å². The fourth-order valence-electron chi connectivity index (χ4n) is 1.37. The lowest BCUT2D eigenvalue weighted by molar-refractivity contribution is 1.26. The summed E-state index contributed by atoms with van der Waals surface area (Å²) in [6.45, 7) is 2.00. The highest BCUT2D eigenvalue weighted by molar-refractivity contribution is 7.15. The summed E-state index contributed by atoms with van der Waals surface area (Å²) in [6.07, 6.45) is 2.36. The Hall–Kier alpha value is -1.66. The molecule has 1 heterocycles. The molecular weight excluding hydrogens is 204 g/mol. The predicted octanol–water partition coefficient (Wildman–Crippen LogP) is 3.18. The molecule has 0 unspecified atom stereocenters. The Kier molecular flexibility index (Phi) is 2.79. The van der Waals surface area contributed by atoms with Crippen molar-refractivity contribution in [2.75, 3.05) is 0 Å². The molecule has 74 valence electrons. The Balaban J connectivity index is 2.28. The van der Waals surface area contributed by atoms with Gasteiger partial charge in [-0.2, -0.15) is 5.26 Å². The summed E-state index contributed by atoms with van der Waals surface area (Å²) in [5.74, 6) is 0. The topological polar surface area (TPSA) is 36.7 Å². The Bertz CT molecular complexity index is 491. The van der Waals surface area contributed by atoms with Crippen LogP contribution in [0.2, 0.25) is 0 Å². The second kappa shape index (κ2) is 4.24. The highest BCUT2D eigenvalue weighted by atomic mass is 32.1. The van der Waals surface area contributed by atoms with Gasteiger partial charge in [-0.3, -0.25) is 0 Å². The van der Waals surface area contributed by atoms with Crippen LogP contribution in [0.4, 0.5) is 0 Å². The van der Waals surface area contributed by atoms with Crippen LogP contribution in [0.5, 0.6) is 0 Å². The third-order valence-electron chi connectivity index (χ3n) is 2.14. The molecular formula is C12H10N2S. The van der Waals surface area contributed by atoms with E-state index in [-0.39, 0.29) is 0 Å². The summed E-state index contributed by atoms with van der Waals surface area (Å²) in [4.78, 5) is 5.39. The molecule has 0 spiro atoms. The molecule has 1 aromatic heterocycles. The molecule has 2 nitrogen and oxygen atoms in total. The van der Waals surface area contributed by atoms with Crippen LogP contribution in [-0.4, -0.2) is 4.98 Å². The second-order valence-corrected chi connectivity index (χ2v) is 4.51. The van der Waals surface area contributed by atoms with E-state index in [0.29, 0.717) is 6.42 Å². The maximum Gasteiger partial charge on any atom is 0.0900 e. The summed E-state index contributed by atoms with van der Waals surface area (Å²) in [6, 6.07) is 10.2. The highest BCUT2D eigenvalue weighted by Crippen LogP contribution is 2.25. The van der Waals surface area contributed by atoms with Gasteiger partial charge in [-0.05, 0) is 18.1 Å². The Morgan fingerprint density at radius 2 is 2.07 bits per heavy atom. The van der Waals surface area contributed by atoms with E-state index in [2.05, 4.69) is 11.1 Å². The summed E-state index contributed by atoms with van der Waals surface area (Å²) in [5.41, 5.74) is 2.23. The third kappa shape index (κ3) is 2.23. The van der Waals surface area contributed by atoms with Gasteiger partial charge in [0.2, 0.25) is 0 Å². The average molecular weight is 214 g/mol. The number of aryl methyl sites for hydroxylation is 1. The zero-order chi connectivity index (χ0) is 10.7. The van der Waals surface area contributed by atoms with Crippen LogP contribution in [0.3, 0.4) is 0 Å². The maximum atomic E-state index is 8.55. The van der Waals surface area contributed by atoms with Gasteiger partial charge in [0.05, 0.1) is 22.4 Å². The molecule has 0 amide bonds. The van der Waals surface area contributed by atoms with Gasteiger partial charge in [-0.25, -0.2) is 4.98 Å². The van der Waals surface area contributed by atoms with Crippen molar-refractivity contribution < 1.29 is 0 Å². The summed E-state index contributed by atoms with van der Waals surface area (Å²) in [5, 5.41) is 9.63. The van der Waals surface area contributed by atoms with Crippen LogP contribution < -0.4 is 0 Å². The lowest BCUT2D eigenvalue weighted by atomic mass is 10.1. The summed E-state index contributed by atoms with van der Waals surface area (Å²) in [7, 11) is 0. The molecule has 0 aliphatic rings. The fraction of sp³-hybridized carbons (Fsp3) is 0.167. The molecule has 1 aromatic carbocycles. The maximum absolute atomic E-state index is 8.55. The Morgan fingerprint density at radius 3 is 2.60 bits per heavy atom. The molecule has 0 atom stereocenters. The minimum absolute atomic E-state index is 0.474. The first-order chi connectivity index (χ1) is 7.29. The van der Waals surface area contributed by atoms with Crippen molar-refractivity contribution in [3.63, 3.8) is 0 Å². The second-order valence-electron chi connectivity index (χ2n) is 3.28. The van der Waals surface area contributed by atoms with Crippen LogP contribution in [0.15, 0.2) is 30.5 Å². The van der Waals surface area contributed by atoms with E-state index in [1.54, 1.807) is 11.3 Å². The van der Waals surface area contributed by atoms with Gasteiger partial charge in [-0.1, -0.05) is 24.3 Å². The van der Waals surface area contributed by atoms with Crippen LogP contribution in [0, 0.1) is 18.3 Å². The third-order valence-corrected chi connectivity index (χ3v) is 3.10. The van der Waals surface area contributed by atoms with Crippen molar-refractivity contribution in [3.05, 3.63) is 41.0 Å². The number of rotatable bonds is 2. The molecule has 0 bridgehead atoms. The van der Waals surface area contributed by atoms with E-state index < -0.39 is 0 Å². The largest absolute Gasteiger partial charge is 0.249 e. The monoisotopic (exact) mass is 214 g/mol. The number of aromatic nitrogens is 1. The average Bonchev–Trinajstić information content (AvgIpc) is 2.67. The van der Waals surface area contributed by atoms with Crippen molar-refractivity contribution >= 4 is 11.3 Å². The lowest BCUT2D eigenvalue weighted by Crippen LogP contribution is -1.80. The summed E-state index contributed by atoms with van der Waals surface area (Å²) < 4.78 is 0. The molecule has 0 fully saturated rings. The van der Waals surface area contributed by atoms with Gasteiger partial charge in [0.1, 0.15) is 0 Å². The van der Waals surface area contributed by atoms with Crippen LogP contribution >= 0.6 is 11.3 Å². The molecule has 3 heteroatoms. The molecule has 0 aliphatic carbocycles. The molecule has 2 rings (SSSR count). The van der Waals surface area contributed by atoms with E-state index in [9.17, 15) is 0 Å². The number of nitrogens with zero attached hydrogens (tertiary/aromatic N) is 2. The van der Waals surface area contributed by atoms with Crippen molar-refractivity contribution in [1.82, 2.24) is 4.98 Å². The molecule has 0 saturated carbocycles. The number of benzene rings is 1. The first-order valence-corrected chi connectivity index (χ1v) is 5.50. The molecule has 0 N–H and O–H groups in total. The smallest absolute Gasteiger partial charge is 0.0900 e. The van der Waals surface area contributed by atoms with Crippen LogP contribution in [0.1, 0.15) is 10.6 Å². The molecule has 2 aromatic rings. The van der Waals surface area contributed by atoms with E-state index in [1.807, 2.05) is 37.4 Å². The minimum Gasteiger partial charge on any atom is -0.249 e. The van der Waals surface area contributed by atoms with E-state index in [4.69, 9.17) is 5.26 Å². The van der Waals surface area contributed by atoms with E-state index in [0.717, 1.165) is 10.6 Å².